The number of rotatable bonds is 7. The number of non-ortho nitro benzene ring substituents is 1. The van der Waals surface area contributed by atoms with E-state index in [9.17, 15) is 24.5 Å². The molecule has 28 heavy (non-hydrogen) atoms. The first kappa shape index (κ1) is 20.6. The van der Waals surface area contributed by atoms with Gasteiger partial charge in [-0.2, -0.15) is 0 Å². The van der Waals surface area contributed by atoms with Crippen molar-refractivity contribution in [2.24, 2.45) is 0 Å². The zero-order valence-electron chi connectivity index (χ0n) is 15.5. The highest BCUT2D eigenvalue weighted by Gasteiger charge is 2.24. The number of ether oxygens (including phenoxy) is 2. The summed E-state index contributed by atoms with van der Waals surface area (Å²) in [4.78, 5) is 49.1. The lowest BCUT2D eigenvalue weighted by Gasteiger charge is -2.07. The largest absolute Gasteiger partial charge is 0.461 e. The summed E-state index contributed by atoms with van der Waals surface area (Å²) in [6, 6.07) is 5.36. The van der Waals surface area contributed by atoms with E-state index in [2.05, 4.69) is 10.3 Å². The normalized spacial score (nSPS) is 10.2. The summed E-state index contributed by atoms with van der Waals surface area (Å²) in [5.74, 6) is -2.04. The van der Waals surface area contributed by atoms with E-state index in [1.165, 1.54) is 24.3 Å². The van der Waals surface area contributed by atoms with Crippen molar-refractivity contribution in [3.05, 3.63) is 56.9 Å². The molecule has 2 N–H and O–H groups in total. The summed E-state index contributed by atoms with van der Waals surface area (Å²) in [5.41, 5.74) is 1.08. The fourth-order valence-corrected chi connectivity index (χ4v) is 2.56. The van der Waals surface area contributed by atoms with Crippen LogP contribution in [-0.4, -0.2) is 41.0 Å². The van der Waals surface area contributed by atoms with Gasteiger partial charge in [0.15, 0.2) is 6.61 Å². The zero-order chi connectivity index (χ0) is 20.8. The number of benzene rings is 1. The third kappa shape index (κ3) is 4.72. The van der Waals surface area contributed by atoms with Gasteiger partial charge in [0.2, 0.25) is 0 Å². The van der Waals surface area contributed by atoms with Crippen LogP contribution in [0.15, 0.2) is 24.3 Å². The molecule has 0 atom stereocenters. The second-order valence-electron chi connectivity index (χ2n) is 5.78. The Balaban J connectivity index is 2.02. The van der Waals surface area contributed by atoms with Crippen LogP contribution < -0.4 is 5.32 Å². The van der Waals surface area contributed by atoms with Crippen molar-refractivity contribution in [2.75, 3.05) is 18.5 Å². The number of H-pyrrole nitrogens is 1. The van der Waals surface area contributed by atoms with Gasteiger partial charge in [0.1, 0.15) is 5.69 Å². The molecule has 1 amide bonds. The summed E-state index contributed by atoms with van der Waals surface area (Å²) in [6.07, 6.45) is 0. The number of anilines is 1. The second-order valence-corrected chi connectivity index (χ2v) is 5.78. The molecule has 2 aromatic rings. The summed E-state index contributed by atoms with van der Waals surface area (Å²) in [7, 11) is 0. The van der Waals surface area contributed by atoms with Crippen molar-refractivity contribution in [2.45, 2.75) is 20.8 Å². The molecule has 0 bridgehead atoms. The average molecular weight is 389 g/mol. The number of nitro benzene ring substituents is 1. The molecule has 0 aliphatic carbocycles. The van der Waals surface area contributed by atoms with Crippen molar-refractivity contribution in [3.63, 3.8) is 0 Å². The van der Waals surface area contributed by atoms with Gasteiger partial charge in [0.05, 0.1) is 17.1 Å². The van der Waals surface area contributed by atoms with Crippen molar-refractivity contribution in [1.82, 2.24) is 4.98 Å². The number of esters is 2. The minimum Gasteiger partial charge on any atom is -0.461 e. The van der Waals surface area contributed by atoms with E-state index in [4.69, 9.17) is 9.47 Å². The van der Waals surface area contributed by atoms with Gasteiger partial charge < -0.3 is 19.8 Å². The van der Waals surface area contributed by atoms with E-state index >= 15 is 0 Å². The lowest BCUT2D eigenvalue weighted by atomic mass is 10.1. The third-order valence-corrected chi connectivity index (χ3v) is 3.80. The Morgan fingerprint density at radius 2 is 1.89 bits per heavy atom. The molecule has 0 spiro atoms. The Labute approximate surface area is 160 Å². The van der Waals surface area contributed by atoms with Crippen LogP contribution in [0.5, 0.6) is 0 Å². The van der Waals surface area contributed by atoms with Crippen molar-refractivity contribution < 1.29 is 28.8 Å². The van der Waals surface area contributed by atoms with E-state index in [0.717, 1.165) is 0 Å². The van der Waals surface area contributed by atoms with Gasteiger partial charge in [-0.05, 0) is 32.4 Å². The number of nitrogens with zero attached hydrogens (tertiary/aromatic N) is 1. The summed E-state index contributed by atoms with van der Waals surface area (Å²) in [6.45, 7) is 4.41. The molecule has 1 heterocycles. The second kappa shape index (κ2) is 8.80. The molecule has 10 nitrogen and oxygen atoms in total. The molecule has 148 valence electrons. The molecule has 0 saturated carbocycles. The first-order valence-electron chi connectivity index (χ1n) is 8.32. The number of nitro groups is 1. The van der Waals surface area contributed by atoms with Crippen LogP contribution in [0.2, 0.25) is 0 Å². The first-order valence-corrected chi connectivity index (χ1v) is 8.32. The molecule has 1 aromatic heterocycles. The lowest BCUT2D eigenvalue weighted by Crippen LogP contribution is -2.21. The Morgan fingerprint density at radius 3 is 2.54 bits per heavy atom. The van der Waals surface area contributed by atoms with Gasteiger partial charge >= 0.3 is 11.9 Å². The maximum absolute atomic E-state index is 12.3. The van der Waals surface area contributed by atoms with Crippen LogP contribution in [0.25, 0.3) is 0 Å². The van der Waals surface area contributed by atoms with E-state index in [0.29, 0.717) is 11.3 Å². The Hall–Kier alpha value is -3.69. The smallest absolute Gasteiger partial charge is 0.355 e. The maximum Gasteiger partial charge on any atom is 0.355 e. The highest BCUT2D eigenvalue weighted by molar-refractivity contribution is 6.00. The third-order valence-electron chi connectivity index (χ3n) is 3.80. The summed E-state index contributed by atoms with van der Waals surface area (Å²) >= 11 is 0. The first-order chi connectivity index (χ1) is 13.2. The Bertz CT molecular complexity index is 933. The molecule has 0 aliphatic rings. The maximum atomic E-state index is 12.3. The number of nitrogens with one attached hydrogen (secondary N) is 2. The molecule has 0 unspecified atom stereocenters. The highest BCUT2D eigenvalue weighted by Crippen LogP contribution is 2.20. The molecule has 1 aromatic carbocycles. The van der Waals surface area contributed by atoms with Crippen LogP contribution in [0.3, 0.4) is 0 Å². The molecule has 10 heteroatoms. The minimum atomic E-state index is -0.781. The van der Waals surface area contributed by atoms with E-state index in [-0.39, 0.29) is 29.2 Å². The van der Waals surface area contributed by atoms with Gasteiger partial charge in [-0.25, -0.2) is 9.59 Å². The average Bonchev–Trinajstić information content (AvgIpc) is 2.94. The van der Waals surface area contributed by atoms with Crippen LogP contribution in [0.1, 0.15) is 39.0 Å². The van der Waals surface area contributed by atoms with Crippen LogP contribution in [0.4, 0.5) is 11.4 Å². The molecular weight excluding hydrogens is 370 g/mol. The minimum absolute atomic E-state index is 0.145. The highest BCUT2D eigenvalue weighted by atomic mass is 16.6. The number of carbonyl (C=O) groups excluding carboxylic acids is 3. The van der Waals surface area contributed by atoms with Gasteiger partial charge in [-0.3, -0.25) is 14.9 Å². The topological polar surface area (TPSA) is 141 Å². The fourth-order valence-electron chi connectivity index (χ4n) is 2.56. The summed E-state index contributed by atoms with van der Waals surface area (Å²) in [5, 5.41) is 13.2. The molecule has 0 aliphatic heterocycles. The van der Waals surface area contributed by atoms with Gasteiger partial charge in [0.25, 0.3) is 11.6 Å². The number of hydrogen-bond acceptors (Lipinski definition) is 7. The van der Waals surface area contributed by atoms with Gasteiger partial charge in [0, 0.05) is 23.5 Å². The SMILES string of the molecule is CCOC(=O)c1[nH]c(C)c(C(=O)OCC(=O)Nc2cccc([N+](=O)[O-])c2)c1C. The number of aromatic nitrogens is 1. The Kier molecular flexibility index (Phi) is 6.48. The van der Waals surface area contributed by atoms with E-state index < -0.39 is 29.4 Å². The molecular formula is C18H19N3O7. The van der Waals surface area contributed by atoms with Crippen molar-refractivity contribution in [1.29, 1.82) is 0 Å². The van der Waals surface area contributed by atoms with Gasteiger partial charge in [-0.15, -0.1) is 0 Å². The van der Waals surface area contributed by atoms with Crippen molar-refractivity contribution >= 4 is 29.2 Å². The van der Waals surface area contributed by atoms with Gasteiger partial charge in [-0.1, -0.05) is 6.07 Å². The quantitative estimate of drug-likeness (QED) is 0.421. The standard InChI is InChI=1S/C18H19N3O7/c1-4-27-18(24)16-10(2)15(11(3)19-16)17(23)28-9-14(22)20-12-6-5-7-13(8-12)21(25)26/h5-8,19H,4,9H2,1-3H3,(H,20,22). The zero-order valence-corrected chi connectivity index (χ0v) is 15.5. The molecule has 0 fully saturated rings. The fraction of sp³-hybridized carbons (Fsp3) is 0.278. The molecule has 2 rings (SSSR count). The monoisotopic (exact) mass is 389 g/mol. The predicted molar refractivity (Wildman–Crippen MR) is 98.2 cm³/mol. The predicted octanol–water partition coefficient (Wildman–Crippen LogP) is 2.51. The van der Waals surface area contributed by atoms with E-state index in [1.807, 2.05) is 0 Å². The molecule has 0 saturated heterocycles. The number of hydrogen-bond donors (Lipinski definition) is 2. The van der Waals surface area contributed by atoms with Crippen molar-refractivity contribution in [3.8, 4) is 0 Å². The lowest BCUT2D eigenvalue weighted by molar-refractivity contribution is -0.384. The Morgan fingerprint density at radius 1 is 1.18 bits per heavy atom. The van der Waals surface area contributed by atoms with Crippen LogP contribution in [0, 0.1) is 24.0 Å². The molecule has 0 radical (unpaired) electrons. The number of carbonyl (C=O) groups is 3. The summed E-state index contributed by atoms with van der Waals surface area (Å²) < 4.78 is 9.91. The van der Waals surface area contributed by atoms with E-state index in [1.54, 1.807) is 20.8 Å². The number of amides is 1. The van der Waals surface area contributed by atoms with Crippen LogP contribution in [-0.2, 0) is 14.3 Å². The van der Waals surface area contributed by atoms with Crippen LogP contribution >= 0.6 is 0 Å². The number of aromatic amines is 1. The number of aryl methyl sites for hydroxylation is 1.